The van der Waals surface area contributed by atoms with Crippen molar-refractivity contribution in [1.82, 2.24) is 0 Å². The van der Waals surface area contributed by atoms with Gasteiger partial charge < -0.3 is 10.1 Å². The van der Waals surface area contributed by atoms with Gasteiger partial charge in [-0.1, -0.05) is 0 Å². The molecule has 11 heavy (non-hydrogen) atoms. The summed E-state index contributed by atoms with van der Waals surface area (Å²) in [6.45, 7) is 0.487. The summed E-state index contributed by atoms with van der Waals surface area (Å²) in [4.78, 5) is 10.7. The molecule has 1 aliphatic rings. The van der Waals surface area contributed by atoms with E-state index in [2.05, 4.69) is 10.1 Å². The molecule has 0 spiro atoms. The van der Waals surface area contributed by atoms with Crippen molar-refractivity contribution in [3.05, 3.63) is 0 Å². The van der Waals surface area contributed by atoms with Crippen molar-refractivity contribution in [2.24, 2.45) is 0 Å². The minimum atomic E-state index is -0.114. The van der Waals surface area contributed by atoms with Gasteiger partial charge in [0.1, 0.15) is 0 Å². The molecule has 1 aliphatic carbocycles. The maximum atomic E-state index is 10.7. The van der Waals surface area contributed by atoms with E-state index in [9.17, 15) is 4.79 Å². The van der Waals surface area contributed by atoms with Crippen LogP contribution in [0.25, 0.3) is 0 Å². The van der Waals surface area contributed by atoms with Crippen molar-refractivity contribution < 1.29 is 14.8 Å². The number of hydrogen-bond donors (Lipinski definition) is 1. The summed E-state index contributed by atoms with van der Waals surface area (Å²) in [6, 6.07) is 0.675. The van der Waals surface area contributed by atoms with Gasteiger partial charge in [0.05, 0.1) is 13.2 Å². The van der Waals surface area contributed by atoms with Crippen LogP contribution in [0.3, 0.4) is 0 Å². The van der Waals surface area contributed by atoms with E-state index in [1.807, 2.05) is 0 Å². The predicted molar refractivity (Wildman–Crippen MR) is 41.1 cm³/mol. The maximum absolute atomic E-state index is 10.7. The zero-order chi connectivity index (χ0) is 8.10. The fourth-order valence-electron chi connectivity index (χ4n) is 1.54. The Hall–Kier alpha value is -0.570. The normalized spacial score (nSPS) is 18.6. The standard InChI is InChI=1S/C8H15NO2/c1-11-8(10)6-9-7-4-2-3-5-7/h7,9H,2-6H2,1H3/p+1. The topological polar surface area (TPSA) is 42.9 Å². The number of hydrogen-bond acceptors (Lipinski definition) is 2. The Kier molecular flexibility index (Phi) is 3.36. The molecule has 0 radical (unpaired) electrons. The molecule has 3 nitrogen and oxygen atoms in total. The van der Waals surface area contributed by atoms with Crippen LogP contribution in [0.5, 0.6) is 0 Å². The first-order valence-corrected chi connectivity index (χ1v) is 4.23. The van der Waals surface area contributed by atoms with E-state index in [0.29, 0.717) is 12.6 Å². The predicted octanol–water partition coefficient (Wildman–Crippen LogP) is -0.335. The molecular formula is C8H16NO2+. The van der Waals surface area contributed by atoms with E-state index in [0.717, 1.165) is 0 Å². The first-order chi connectivity index (χ1) is 5.33. The lowest BCUT2D eigenvalue weighted by atomic mass is 10.2. The average molecular weight is 158 g/mol. The molecule has 0 aromatic carbocycles. The van der Waals surface area contributed by atoms with Gasteiger partial charge in [-0.3, -0.25) is 0 Å². The smallest absolute Gasteiger partial charge is 0.361 e. The van der Waals surface area contributed by atoms with Crippen LogP contribution in [0, 0.1) is 0 Å². The van der Waals surface area contributed by atoms with Crippen molar-refractivity contribution in [1.29, 1.82) is 0 Å². The zero-order valence-electron chi connectivity index (χ0n) is 7.01. The summed E-state index contributed by atoms with van der Waals surface area (Å²) in [5.74, 6) is -0.114. The van der Waals surface area contributed by atoms with Gasteiger partial charge >= 0.3 is 5.97 Å². The quantitative estimate of drug-likeness (QED) is 0.571. The number of carbonyl (C=O) groups is 1. The van der Waals surface area contributed by atoms with E-state index in [4.69, 9.17) is 0 Å². The summed E-state index contributed by atoms with van der Waals surface area (Å²) in [7, 11) is 1.44. The highest BCUT2D eigenvalue weighted by molar-refractivity contribution is 5.69. The second-order valence-electron chi connectivity index (χ2n) is 3.06. The van der Waals surface area contributed by atoms with E-state index in [1.54, 1.807) is 0 Å². The van der Waals surface area contributed by atoms with Gasteiger partial charge in [-0.05, 0) is 25.7 Å². The Morgan fingerprint density at radius 2 is 2.18 bits per heavy atom. The van der Waals surface area contributed by atoms with Crippen molar-refractivity contribution >= 4 is 5.97 Å². The fraction of sp³-hybridized carbons (Fsp3) is 0.875. The Labute approximate surface area is 67.1 Å². The number of methoxy groups -OCH3 is 1. The number of esters is 1. The minimum Gasteiger partial charge on any atom is -0.465 e. The monoisotopic (exact) mass is 158 g/mol. The van der Waals surface area contributed by atoms with Gasteiger partial charge in [0, 0.05) is 0 Å². The van der Waals surface area contributed by atoms with Gasteiger partial charge in [-0.2, -0.15) is 0 Å². The second-order valence-corrected chi connectivity index (χ2v) is 3.06. The molecule has 0 heterocycles. The Bertz CT molecular complexity index is 130. The Morgan fingerprint density at radius 3 is 2.73 bits per heavy atom. The third-order valence-corrected chi connectivity index (χ3v) is 2.25. The van der Waals surface area contributed by atoms with Crippen LogP contribution in [0.4, 0.5) is 0 Å². The number of quaternary nitrogens is 1. The van der Waals surface area contributed by atoms with Crippen molar-refractivity contribution in [3.8, 4) is 0 Å². The maximum Gasteiger partial charge on any atom is 0.361 e. The molecule has 0 unspecified atom stereocenters. The van der Waals surface area contributed by atoms with E-state index in [1.165, 1.54) is 32.8 Å². The van der Waals surface area contributed by atoms with E-state index < -0.39 is 0 Å². The summed E-state index contributed by atoms with van der Waals surface area (Å²) in [6.07, 6.45) is 5.17. The van der Waals surface area contributed by atoms with Crippen LogP contribution in [-0.2, 0) is 9.53 Å². The summed E-state index contributed by atoms with van der Waals surface area (Å²) in [5, 5.41) is 2.10. The highest BCUT2D eigenvalue weighted by Crippen LogP contribution is 2.13. The highest BCUT2D eigenvalue weighted by Gasteiger charge is 2.18. The van der Waals surface area contributed by atoms with Crippen molar-refractivity contribution in [3.63, 3.8) is 0 Å². The average Bonchev–Trinajstić information content (AvgIpc) is 2.52. The largest absolute Gasteiger partial charge is 0.465 e. The Morgan fingerprint density at radius 1 is 1.55 bits per heavy atom. The number of ether oxygens (including phenoxy) is 1. The molecule has 0 bridgehead atoms. The lowest BCUT2D eigenvalue weighted by Gasteiger charge is -2.05. The highest BCUT2D eigenvalue weighted by atomic mass is 16.5. The molecule has 0 amide bonds. The van der Waals surface area contributed by atoms with Gasteiger partial charge in [-0.25, -0.2) is 4.79 Å². The van der Waals surface area contributed by atoms with Crippen molar-refractivity contribution in [2.75, 3.05) is 13.7 Å². The molecule has 0 atom stereocenters. The van der Waals surface area contributed by atoms with Gasteiger partial charge in [0.15, 0.2) is 6.54 Å². The molecule has 64 valence electrons. The van der Waals surface area contributed by atoms with Crippen LogP contribution in [0.15, 0.2) is 0 Å². The summed E-state index contributed by atoms with van der Waals surface area (Å²) in [5.41, 5.74) is 0. The molecule has 1 fully saturated rings. The Balaban J connectivity index is 2.06. The van der Waals surface area contributed by atoms with Gasteiger partial charge in [0.25, 0.3) is 0 Å². The molecule has 0 aromatic heterocycles. The van der Waals surface area contributed by atoms with E-state index in [-0.39, 0.29) is 5.97 Å². The van der Waals surface area contributed by atoms with E-state index >= 15 is 0 Å². The molecular weight excluding hydrogens is 142 g/mol. The number of carbonyl (C=O) groups excluding carboxylic acids is 1. The van der Waals surface area contributed by atoms with Gasteiger partial charge in [-0.15, -0.1) is 0 Å². The SMILES string of the molecule is COC(=O)C[NH2+]C1CCCC1. The van der Waals surface area contributed by atoms with Crippen LogP contribution in [0.1, 0.15) is 25.7 Å². The summed E-state index contributed by atoms with van der Waals surface area (Å²) < 4.78 is 4.54. The molecule has 1 rings (SSSR count). The van der Waals surface area contributed by atoms with Crippen LogP contribution in [0.2, 0.25) is 0 Å². The third-order valence-electron chi connectivity index (χ3n) is 2.25. The lowest BCUT2D eigenvalue weighted by Crippen LogP contribution is -2.90. The number of nitrogens with two attached hydrogens (primary N) is 1. The number of rotatable bonds is 3. The molecule has 1 saturated carbocycles. The lowest BCUT2D eigenvalue weighted by molar-refractivity contribution is -0.679. The second kappa shape index (κ2) is 4.34. The first-order valence-electron chi connectivity index (χ1n) is 4.23. The zero-order valence-corrected chi connectivity index (χ0v) is 7.01. The molecule has 0 aromatic rings. The minimum absolute atomic E-state index is 0.114. The molecule has 0 saturated heterocycles. The van der Waals surface area contributed by atoms with Crippen LogP contribution < -0.4 is 5.32 Å². The molecule has 3 heteroatoms. The summed E-state index contributed by atoms with van der Waals surface area (Å²) >= 11 is 0. The first kappa shape index (κ1) is 8.53. The van der Waals surface area contributed by atoms with Gasteiger partial charge in [0.2, 0.25) is 0 Å². The van der Waals surface area contributed by atoms with Crippen LogP contribution >= 0.6 is 0 Å². The molecule has 0 aliphatic heterocycles. The molecule has 2 N–H and O–H groups in total. The van der Waals surface area contributed by atoms with Crippen molar-refractivity contribution in [2.45, 2.75) is 31.7 Å². The fourth-order valence-corrected chi connectivity index (χ4v) is 1.54. The third kappa shape index (κ3) is 2.89. The van der Waals surface area contributed by atoms with Crippen LogP contribution in [-0.4, -0.2) is 25.7 Å².